The van der Waals surface area contributed by atoms with Crippen molar-refractivity contribution in [1.29, 1.82) is 5.26 Å². The number of rotatable bonds is 4. The van der Waals surface area contributed by atoms with Gasteiger partial charge in [-0.25, -0.2) is 0 Å². The number of allylic oxidation sites excluding steroid dienone is 1. The second-order valence-corrected chi connectivity index (χ2v) is 4.85. The highest BCUT2D eigenvalue weighted by Gasteiger charge is 2.17. The predicted octanol–water partition coefficient (Wildman–Crippen LogP) is 2.15. The van der Waals surface area contributed by atoms with Gasteiger partial charge in [0.1, 0.15) is 17.4 Å². The van der Waals surface area contributed by atoms with Crippen LogP contribution in [0.5, 0.6) is 5.75 Å². The number of nitriles is 1. The van der Waals surface area contributed by atoms with Crippen molar-refractivity contribution in [2.45, 2.75) is 13.5 Å². The summed E-state index contributed by atoms with van der Waals surface area (Å²) in [4.78, 5) is 24.5. The number of aromatic nitrogens is 1. The summed E-state index contributed by atoms with van der Waals surface area (Å²) in [5.41, 5.74) is 0.514. The first kappa shape index (κ1) is 15.3. The van der Waals surface area contributed by atoms with Crippen molar-refractivity contribution in [2.75, 3.05) is 0 Å². The highest BCUT2D eigenvalue weighted by molar-refractivity contribution is 6.10. The summed E-state index contributed by atoms with van der Waals surface area (Å²) in [7, 11) is 0. The molecule has 2 rings (SSSR count). The predicted molar refractivity (Wildman–Crippen MR) is 81.9 cm³/mol. The third-order valence-electron chi connectivity index (χ3n) is 3.19. The monoisotopic (exact) mass is 294 g/mol. The number of carbonyl (C=O) groups excluding carboxylic acids is 1. The molecule has 0 atom stereocenters. The van der Waals surface area contributed by atoms with Crippen LogP contribution in [0.1, 0.15) is 27.0 Å². The molecule has 0 bridgehead atoms. The Kier molecular flexibility index (Phi) is 4.23. The number of phenolic OH excluding ortho intramolecular Hbond substituents is 1. The first-order valence-corrected chi connectivity index (χ1v) is 6.57. The average Bonchev–Trinajstić information content (AvgIpc) is 2.51. The van der Waals surface area contributed by atoms with Gasteiger partial charge in [-0.3, -0.25) is 9.59 Å². The molecular weight excluding hydrogens is 280 g/mol. The van der Waals surface area contributed by atoms with E-state index in [0.29, 0.717) is 0 Å². The Morgan fingerprint density at radius 3 is 2.82 bits per heavy atom. The molecule has 1 aromatic heterocycles. The van der Waals surface area contributed by atoms with Crippen LogP contribution in [-0.4, -0.2) is 15.5 Å². The lowest BCUT2D eigenvalue weighted by Crippen LogP contribution is -2.23. The Bertz CT molecular complexity index is 857. The summed E-state index contributed by atoms with van der Waals surface area (Å²) < 4.78 is 1.24. The van der Waals surface area contributed by atoms with Crippen LogP contribution in [0, 0.1) is 18.3 Å². The first-order valence-electron chi connectivity index (χ1n) is 6.57. The van der Waals surface area contributed by atoms with Gasteiger partial charge in [-0.05, 0) is 25.1 Å². The minimum Gasteiger partial charge on any atom is -0.507 e. The zero-order valence-electron chi connectivity index (χ0n) is 12.0. The summed E-state index contributed by atoms with van der Waals surface area (Å²) in [6.07, 6.45) is 2.87. The Morgan fingerprint density at radius 2 is 2.18 bits per heavy atom. The van der Waals surface area contributed by atoms with E-state index in [1.165, 1.54) is 29.0 Å². The van der Waals surface area contributed by atoms with Gasteiger partial charge in [0.05, 0.1) is 5.56 Å². The molecule has 1 heterocycles. The Morgan fingerprint density at radius 1 is 1.45 bits per heavy atom. The SMILES string of the molecule is C=CCn1cc(C(=O)c2cc(C)ccc2O)cc(C#N)c1=O. The topological polar surface area (TPSA) is 83.1 Å². The maximum Gasteiger partial charge on any atom is 0.268 e. The second kappa shape index (κ2) is 6.10. The number of hydrogen-bond donors (Lipinski definition) is 1. The molecule has 2 aromatic rings. The number of phenols is 1. The lowest BCUT2D eigenvalue weighted by Gasteiger charge is -2.08. The van der Waals surface area contributed by atoms with E-state index in [1.807, 2.05) is 0 Å². The van der Waals surface area contributed by atoms with Gasteiger partial charge in [0.2, 0.25) is 0 Å². The highest BCUT2D eigenvalue weighted by Crippen LogP contribution is 2.21. The third-order valence-corrected chi connectivity index (χ3v) is 3.19. The summed E-state index contributed by atoms with van der Waals surface area (Å²) in [6, 6.07) is 7.71. The lowest BCUT2D eigenvalue weighted by molar-refractivity contribution is 0.103. The first-order chi connectivity index (χ1) is 10.5. The standard InChI is InChI=1S/C17H14N2O3/c1-3-6-19-10-13(8-12(9-18)17(19)22)16(21)14-7-11(2)4-5-15(14)20/h3-5,7-8,10,20H,1,6H2,2H3. The van der Waals surface area contributed by atoms with E-state index in [-0.39, 0.29) is 29.0 Å². The molecule has 0 aliphatic heterocycles. The molecule has 0 unspecified atom stereocenters. The van der Waals surface area contributed by atoms with Gasteiger partial charge < -0.3 is 9.67 Å². The van der Waals surface area contributed by atoms with Gasteiger partial charge >= 0.3 is 0 Å². The lowest BCUT2D eigenvalue weighted by atomic mass is 10.0. The fourth-order valence-electron chi connectivity index (χ4n) is 2.10. The maximum atomic E-state index is 12.5. The van der Waals surface area contributed by atoms with Crippen LogP contribution in [0.4, 0.5) is 0 Å². The molecule has 22 heavy (non-hydrogen) atoms. The van der Waals surface area contributed by atoms with Crippen molar-refractivity contribution in [3.8, 4) is 11.8 Å². The fourth-order valence-corrected chi connectivity index (χ4v) is 2.10. The van der Waals surface area contributed by atoms with E-state index in [2.05, 4.69) is 6.58 Å². The van der Waals surface area contributed by atoms with Crippen LogP contribution in [-0.2, 0) is 6.54 Å². The fraction of sp³-hybridized carbons (Fsp3) is 0.118. The van der Waals surface area contributed by atoms with Crippen LogP contribution in [0.25, 0.3) is 0 Å². The molecule has 0 radical (unpaired) electrons. The number of benzene rings is 1. The van der Waals surface area contributed by atoms with Crippen molar-refractivity contribution < 1.29 is 9.90 Å². The quantitative estimate of drug-likeness (QED) is 0.692. The Balaban J connectivity index is 2.61. The molecule has 5 heteroatoms. The third kappa shape index (κ3) is 2.81. The van der Waals surface area contributed by atoms with Crippen molar-refractivity contribution >= 4 is 5.78 Å². The largest absolute Gasteiger partial charge is 0.507 e. The van der Waals surface area contributed by atoms with Gasteiger partial charge in [0.15, 0.2) is 5.78 Å². The summed E-state index contributed by atoms with van der Waals surface area (Å²) in [5, 5.41) is 18.9. The van der Waals surface area contributed by atoms with E-state index >= 15 is 0 Å². The van der Waals surface area contributed by atoms with Gasteiger partial charge in [-0.15, -0.1) is 6.58 Å². The van der Waals surface area contributed by atoms with Crippen LogP contribution < -0.4 is 5.56 Å². The molecular formula is C17H14N2O3. The molecule has 110 valence electrons. The second-order valence-electron chi connectivity index (χ2n) is 4.85. The van der Waals surface area contributed by atoms with Crippen molar-refractivity contribution in [2.24, 2.45) is 0 Å². The van der Waals surface area contributed by atoms with E-state index in [4.69, 9.17) is 5.26 Å². The van der Waals surface area contributed by atoms with Crippen LogP contribution >= 0.6 is 0 Å². The number of ketones is 1. The number of nitrogens with zero attached hydrogens (tertiary/aromatic N) is 2. The van der Waals surface area contributed by atoms with E-state index in [0.717, 1.165) is 5.56 Å². The minimum absolute atomic E-state index is 0.125. The molecule has 0 saturated carbocycles. The normalized spacial score (nSPS) is 10.0. The van der Waals surface area contributed by atoms with E-state index < -0.39 is 11.3 Å². The van der Waals surface area contributed by atoms with Gasteiger partial charge in [0, 0.05) is 18.3 Å². The van der Waals surface area contributed by atoms with Crippen LogP contribution in [0.15, 0.2) is 47.9 Å². The smallest absolute Gasteiger partial charge is 0.268 e. The number of aryl methyl sites for hydroxylation is 1. The maximum absolute atomic E-state index is 12.5. The van der Waals surface area contributed by atoms with Gasteiger partial charge in [0.25, 0.3) is 5.56 Å². The summed E-state index contributed by atoms with van der Waals surface area (Å²) >= 11 is 0. The molecule has 1 N–H and O–H groups in total. The summed E-state index contributed by atoms with van der Waals surface area (Å²) in [6.45, 7) is 5.53. The zero-order valence-corrected chi connectivity index (χ0v) is 12.0. The highest BCUT2D eigenvalue weighted by atomic mass is 16.3. The molecule has 0 fully saturated rings. The van der Waals surface area contributed by atoms with Crippen molar-refractivity contribution in [1.82, 2.24) is 4.57 Å². The number of aromatic hydroxyl groups is 1. The van der Waals surface area contributed by atoms with E-state index in [9.17, 15) is 14.7 Å². The van der Waals surface area contributed by atoms with Gasteiger partial charge in [-0.2, -0.15) is 5.26 Å². The molecule has 0 saturated heterocycles. The molecule has 1 aromatic carbocycles. The van der Waals surface area contributed by atoms with Crippen LogP contribution in [0.3, 0.4) is 0 Å². The number of carbonyl (C=O) groups is 1. The van der Waals surface area contributed by atoms with E-state index in [1.54, 1.807) is 25.1 Å². The summed E-state index contributed by atoms with van der Waals surface area (Å²) in [5.74, 6) is -0.592. The molecule has 0 amide bonds. The van der Waals surface area contributed by atoms with Crippen LogP contribution in [0.2, 0.25) is 0 Å². The molecule has 0 aliphatic rings. The number of pyridine rings is 1. The van der Waals surface area contributed by atoms with Crippen molar-refractivity contribution in [3.63, 3.8) is 0 Å². The Labute approximate surface area is 127 Å². The average molecular weight is 294 g/mol. The van der Waals surface area contributed by atoms with Gasteiger partial charge in [-0.1, -0.05) is 17.7 Å². The molecule has 0 spiro atoms. The molecule has 5 nitrogen and oxygen atoms in total. The number of hydrogen-bond acceptors (Lipinski definition) is 4. The Hall–Kier alpha value is -3.13. The zero-order chi connectivity index (χ0) is 16.3. The minimum atomic E-state index is -0.479. The van der Waals surface area contributed by atoms with Crippen molar-refractivity contribution in [3.05, 3.63) is 75.7 Å². The molecule has 0 aliphatic carbocycles.